The maximum Gasteiger partial charge on any atom is 0.238 e. The molecule has 1 atom stereocenters. The highest BCUT2D eigenvalue weighted by molar-refractivity contribution is 8.00. The fourth-order valence-corrected chi connectivity index (χ4v) is 4.17. The Bertz CT molecular complexity index is 802. The number of nitrogens with one attached hydrogen (secondary N) is 1. The molecule has 0 aliphatic carbocycles. The van der Waals surface area contributed by atoms with Gasteiger partial charge in [-0.3, -0.25) is 14.5 Å². The lowest BCUT2D eigenvalue weighted by atomic mass is 10.1. The molecule has 0 radical (unpaired) electrons. The molecule has 26 heavy (non-hydrogen) atoms. The topological polar surface area (TPSA) is 49.4 Å². The van der Waals surface area contributed by atoms with Gasteiger partial charge < -0.3 is 5.32 Å². The molecular formula is C21H24N2O2S. The molecule has 0 aromatic heterocycles. The lowest BCUT2D eigenvalue weighted by molar-refractivity contribution is -0.117. The summed E-state index contributed by atoms with van der Waals surface area (Å²) in [4.78, 5) is 26.4. The number of anilines is 2. The summed E-state index contributed by atoms with van der Waals surface area (Å²) in [5.41, 5.74) is 3.87. The minimum Gasteiger partial charge on any atom is -0.326 e. The van der Waals surface area contributed by atoms with Crippen LogP contribution in [-0.4, -0.2) is 17.6 Å². The molecular weight excluding hydrogens is 344 g/mol. The van der Waals surface area contributed by atoms with Crippen molar-refractivity contribution in [1.82, 2.24) is 0 Å². The van der Waals surface area contributed by atoms with Gasteiger partial charge in [0.2, 0.25) is 11.8 Å². The molecule has 2 aromatic carbocycles. The molecule has 1 aliphatic rings. The molecule has 1 fully saturated rings. The number of aryl methyl sites for hydroxylation is 1. The summed E-state index contributed by atoms with van der Waals surface area (Å²) in [5.74, 6) is 0.904. The van der Waals surface area contributed by atoms with Crippen LogP contribution in [0.1, 0.15) is 36.8 Å². The summed E-state index contributed by atoms with van der Waals surface area (Å²) in [7, 11) is 0. The van der Waals surface area contributed by atoms with Gasteiger partial charge in [-0.15, -0.1) is 11.8 Å². The third-order valence-corrected chi connectivity index (χ3v) is 5.44. The molecule has 2 aromatic rings. The van der Waals surface area contributed by atoms with Crippen LogP contribution in [-0.2, 0) is 9.59 Å². The molecule has 1 saturated heterocycles. The maximum atomic E-state index is 12.5. The second-order valence-electron chi connectivity index (χ2n) is 7.03. The molecule has 0 bridgehead atoms. The van der Waals surface area contributed by atoms with Gasteiger partial charge in [-0.25, -0.2) is 0 Å². The minimum absolute atomic E-state index is 0.0164. The Kier molecular flexibility index (Phi) is 5.67. The van der Waals surface area contributed by atoms with Crippen molar-refractivity contribution < 1.29 is 9.59 Å². The van der Waals surface area contributed by atoms with E-state index < -0.39 is 0 Å². The van der Waals surface area contributed by atoms with Crippen LogP contribution in [0, 0.1) is 12.8 Å². The smallest absolute Gasteiger partial charge is 0.238 e. The van der Waals surface area contributed by atoms with E-state index in [-0.39, 0.29) is 17.2 Å². The van der Waals surface area contributed by atoms with Crippen molar-refractivity contribution in [2.45, 2.75) is 32.6 Å². The van der Waals surface area contributed by atoms with Gasteiger partial charge in [0.25, 0.3) is 0 Å². The Balaban J connectivity index is 1.83. The zero-order chi connectivity index (χ0) is 18.7. The number of nitrogens with zero attached hydrogens (tertiary/aromatic N) is 1. The van der Waals surface area contributed by atoms with Crippen LogP contribution in [0.4, 0.5) is 11.4 Å². The summed E-state index contributed by atoms with van der Waals surface area (Å²) < 4.78 is 0. The quantitative estimate of drug-likeness (QED) is 0.828. The van der Waals surface area contributed by atoms with Crippen LogP contribution in [0.3, 0.4) is 0 Å². The van der Waals surface area contributed by atoms with E-state index >= 15 is 0 Å². The van der Waals surface area contributed by atoms with E-state index in [0.717, 1.165) is 16.9 Å². The summed E-state index contributed by atoms with van der Waals surface area (Å²) in [5, 5.41) is 2.88. The highest BCUT2D eigenvalue weighted by atomic mass is 32.2. The second kappa shape index (κ2) is 7.96. The lowest BCUT2D eigenvalue weighted by Crippen LogP contribution is -2.27. The third kappa shape index (κ3) is 4.28. The van der Waals surface area contributed by atoms with Crippen molar-refractivity contribution >= 4 is 35.0 Å². The van der Waals surface area contributed by atoms with Crippen LogP contribution < -0.4 is 10.2 Å². The molecule has 1 aliphatic heterocycles. The van der Waals surface area contributed by atoms with Crippen LogP contribution in [0.5, 0.6) is 0 Å². The van der Waals surface area contributed by atoms with E-state index in [1.165, 1.54) is 5.56 Å². The lowest BCUT2D eigenvalue weighted by Gasteiger charge is -2.25. The Hall–Kier alpha value is -2.27. The number of rotatable bonds is 5. The summed E-state index contributed by atoms with van der Waals surface area (Å²) in [6.45, 7) is 6.08. The average molecular weight is 369 g/mol. The first-order valence-electron chi connectivity index (χ1n) is 8.84. The maximum absolute atomic E-state index is 12.5. The Morgan fingerprint density at radius 3 is 2.65 bits per heavy atom. The molecule has 2 amide bonds. The fraction of sp³-hybridized carbons (Fsp3) is 0.333. The average Bonchev–Trinajstić information content (AvgIpc) is 2.97. The Morgan fingerprint density at radius 1 is 1.23 bits per heavy atom. The number of thioether (sulfide) groups is 1. The molecule has 0 spiro atoms. The number of hydrogen-bond donors (Lipinski definition) is 1. The molecule has 0 saturated carbocycles. The van der Waals surface area contributed by atoms with Crippen molar-refractivity contribution in [3.8, 4) is 0 Å². The first-order valence-corrected chi connectivity index (χ1v) is 9.89. The first-order chi connectivity index (χ1) is 12.4. The van der Waals surface area contributed by atoms with Crippen molar-refractivity contribution in [2.24, 2.45) is 5.92 Å². The molecule has 4 nitrogen and oxygen atoms in total. The zero-order valence-electron chi connectivity index (χ0n) is 15.4. The zero-order valence-corrected chi connectivity index (χ0v) is 16.2. The van der Waals surface area contributed by atoms with Crippen molar-refractivity contribution in [2.75, 3.05) is 16.0 Å². The van der Waals surface area contributed by atoms with Crippen LogP contribution in [0.2, 0.25) is 0 Å². The molecule has 1 heterocycles. The molecule has 3 rings (SSSR count). The SMILES string of the molecule is Cc1ccc(N2C(=O)CS[C@H]2c2cccc(NC(=O)CC(C)C)c2)cc1. The highest BCUT2D eigenvalue weighted by Crippen LogP contribution is 2.42. The minimum atomic E-state index is -0.0767. The number of benzene rings is 2. The van der Waals surface area contributed by atoms with E-state index in [1.54, 1.807) is 11.8 Å². The molecule has 136 valence electrons. The first kappa shape index (κ1) is 18.5. The number of carbonyl (C=O) groups is 2. The normalized spacial score (nSPS) is 17.0. The van der Waals surface area contributed by atoms with Gasteiger partial charge in [0.15, 0.2) is 0 Å². The Labute approximate surface area is 159 Å². The second-order valence-corrected chi connectivity index (χ2v) is 8.10. The Morgan fingerprint density at radius 2 is 1.96 bits per heavy atom. The van der Waals surface area contributed by atoms with Crippen molar-refractivity contribution in [3.63, 3.8) is 0 Å². The van der Waals surface area contributed by atoms with Gasteiger partial charge >= 0.3 is 0 Å². The van der Waals surface area contributed by atoms with Gasteiger partial charge in [-0.2, -0.15) is 0 Å². The van der Waals surface area contributed by atoms with Crippen LogP contribution >= 0.6 is 11.8 Å². The summed E-state index contributed by atoms with van der Waals surface area (Å²) in [6.07, 6.45) is 0.496. The van der Waals surface area contributed by atoms with Gasteiger partial charge in [0.05, 0.1) is 5.75 Å². The van der Waals surface area contributed by atoms with E-state index in [2.05, 4.69) is 5.32 Å². The standard InChI is InChI=1S/C21H24N2O2S/c1-14(2)11-19(24)22-17-6-4-5-16(12-17)21-23(20(25)13-26-21)18-9-7-15(3)8-10-18/h4-10,12,14,21H,11,13H2,1-3H3,(H,22,24)/t21-/m0/s1. The van der Waals surface area contributed by atoms with Crippen LogP contribution in [0.15, 0.2) is 48.5 Å². The number of carbonyl (C=O) groups excluding carboxylic acids is 2. The highest BCUT2D eigenvalue weighted by Gasteiger charge is 2.34. The van der Waals surface area contributed by atoms with E-state index in [4.69, 9.17) is 0 Å². The number of amides is 2. The summed E-state index contributed by atoms with van der Waals surface area (Å²) >= 11 is 1.61. The third-order valence-electron chi connectivity index (χ3n) is 4.23. The van der Waals surface area contributed by atoms with Gasteiger partial charge in [0.1, 0.15) is 5.37 Å². The van der Waals surface area contributed by atoms with Gasteiger partial charge in [-0.05, 0) is 42.7 Å². The predicted octanol–water partition coefficient (Wildman–Crippen LogP) is 4.76. The van der Waals surface area contributed by atoms with Gasteiger partial charge in [-0.1, -0.05) is 43.7 Å². The molecule has 0 unspecified atom stereocenters. The van der Waals surface area contributed by atoms with Crippen molar-refractivity contribution in [1.29, 1.82) is 0 Å². The predicted molar refractivity (Wildman–Crippen MR) is 108 cm³/mol. The fourth-order valence-electron chi connectivity index (χ4n) is 3.01. The van der Waals surface area contributed by atoms with Crippen LogP contribution in [0.25, 0.3) is 0 Å². The summed E-state index contributed by atoms with van der Waals surface area (Å²) in [6, 6.07) is 15.8. The van der Waals surface area contributed by atoms with Gasteiger partial charge in [0, 0.05) is 17.8 Å². The molecule has 5 heteroatoms. The number of hydrogen-bond acceptors (Lipinski definition) is 3. The van der Waals surface area contributed by atoms with E-state index in [9.17, 15) is 9.59 Å². The van der Waals surface area contributed by atoms with Crippen molar-refractivity contribution in [3.05, 3.63) is 59.7 Å². The van der Waals surface area contributed by atoms with E-state index in [0.29, 0.717) is 18.1 Å². The molecule has 1 N–H and O–H groups in total. The monoisotopic (exact) mass is 368 g/mol. The van der Waals surface area contributed by atoms with E-state index in [1.807, 2.05) is 74.2 Å². The largest absolute Gasteiger partial charge is 0.326 e.